The monoisotopic (exact) mass is 362 g/mol. The van der Waals surface area contributed by atoms with Crippen molar-refractivity contribution < 1.29 is 14.2 Å². The van der Waals surface area contributed by atoms with Gasteiger partial charge >= 0.3 is 0 Å². The number of hydrogen-bond acceptors (Lipinski definition) is 3. The van der Waals surface area contributed by atoms with E-state index in [1.54, 1.807) is 79.7 Å². The van der Waals surface area contributed by atoms with Crippen LogP contribution < -0.4 is 5.30 Å². The lowest BCUT2D eigenvalue weighted by atomic mass is 10.1. The standard InChI is InChI=1S/C22H19O3P/c1-16-10-9-15-20(17(16)2)26(25,21(23)18-11-5-3-6-12-18)22(24)19-13-7-4-8-14-19/h3-15H,1-2H3. The van der Waals surface area contributed by atoms with Gasteiger partial charge in [0.25, 0.3) is 0 Å². The summed E-state index contributed by atoms with van der Waals surface area (Å²) in [6.45, 7) is 3.68. The highest BCUT2D eigenvalue weighted by atomic mass is 31.2. The van der Waals surface area contributed by atoms with Gasteiger partial charge in [-0.05, 0) is 25.0 Å². The van der Waals surface area contributed by atoms with Gasteiger partial charge in [0.2, 0.25) is 18.2 Å². The second-order valence-corrected chi connectivity index (χ2v) is 8.68. The number of carbonyl (C=O) groups excluding carboxylic acids is 2. The molecule has 0 amide bonds. The van der Waals surface area contributed by atoms with E-state index in [2.05, 4.69) is 0 Å². The summed E-state index contributed by atoms with van der Waals surface area (Å²) in [4.78, 5) is 26.5. The van der Waals surface area contributed by atoms with Crippen molar-refractivity contribution in [3.63, 3.8) is 0 Å². The molecule has 0 atom stereocenters. The molecule has 0 aliphatic rings. The molecular weight excluding hydrogens is 343 g/mol. The molecular formula is C22H19O3P. The highest BCUT2D eigenvalue weighted by Crippen LogP contribution is 2.51. The Balaban J connectivity index is 2.26. The van der Waals surface area contributed by atoms with Gasteiger partial charge in [-0.2, -0.15) is 0 Å². The molecule has 3 aromatic rings. The summed E-state index contributed by atoms with van der Waals surface area (Å²) in [7, 11) is -4.04. The van der Waals surface area contributed by atoms with Crippen molar-refractivity contribution in [3.05, 3.63) is 101 Å². The fourth-order valence-electron chi connectivity index (χ4n) is 2.91. The van der Waals surface area contributed by atoms with E-state index in [0.717, 1.165) is 5.56 Å². The minimum Gasteiger partial charge on any atom is -0.302 e. The van der Waals surface area contributed by atoms with Crippen molar-refractivity contribution in [1.29, 1.82) is 0 Å². The van der Waals surface area contributed by atoms with Crippen molar-refractivity contribution in [2.45, 2.75) is 13.8 Å². The van der Waals surface area contributed by atoms with Crippen LogP contribution in [-0.2, 0) is 4.57 Å². The van der Waals surface area contributed by atoms with E-state index in [4.69, 9.17) is 0 Å². The topological polar surface area (TPSA) is 51.2 Å². The van der Waals surface area contributed by atoms with Gasteiger partial charge in [0.1, 0.15) is 0 Å². The van der Waals surface area contributed by atoms with Crippen molar-refractivity contribution in [2.24, 2.45) is 0 Å². The third-order valence-corrected chi connectivity index (χ3v) is 7.35. The van der Waals surface area contributed by atoms with Gasteiger partial charge < -0.3 is 4.57 Å². The van der Waals surface area contributed by atoms with Crippen LogP contribution in [0.3, 0.4) is 0 Å². The Labute approximate surface area is 153 Å². The van der Waals surface area contributed by atoms with Crippen LogP contribution in [0, 0.1) is 13.8 Å². The lowest BCUT2D eigenvalue weighted by molar-refractivity contribution is 0.104. The Morgan fingerprint density at radius 2 is 1.12 bits per heavy atom. The second-order valence-electron chi connectivity index (χ2n) is 6.17. The molecule has 0 saturated heterocycles. The third kappa shape index (κ3) is 3.07. The third-order valence-electron chi connectivity index (χ3n) is 4.53. The minimum absolute atomic E-state index is 0.279. The average Bonchev–Trinajstić information content (AvgIpc) is 2.69. The molecule has 3 rings (SSSR count). The summed E-state index contributed by atoms with van der Waals surface area (Å²) in [5.41, 5.74) is 0.914. The van der Waals surface area contributed by atoms with Gasteiger partial charge in [-0.3, -0.25) is 9.59 Å². The van der Waals surface area contributed by atoms with Gasteiger partial charge in [-0.25, -0.2) is 0 Å². The van der Waals surface area contributed by atoms with E-state index in [0.29, 0.717) is 10.9 Å². The number of hydrogen-bond donors (Lipinski definition) is 0. The molecule has 0 radical (unpaired) electrons. The first-order valence-electron chi connectivity index (χ1n) is 8.33. The van der Waals surface area contributed by atoms with E-state index < -0.39 is 18.2 Å². The molecule has 130 valence electrons. The normalized spacial score (nSPS) is 11.2. The molecule has 0 bridgehead atoms. The maximum atomic E-state index is 14.1. The number of rotatable bonds is 5. The highest BCUT2D eigenvalue weighted by Gasteiger charge is 2.43. The Hall–Kier alpha value is -2.77. The molecule has 0 aliphatic heterocycles. The fraction of sp³-hybridized carbons (Fsp3) is 0.0909. The summed E-state index contributed by atoms with van der Waals surface area (Å²) in [5, 5.41) is 0.320. The Kier molecular flexibility index (Phi) is 5.01. The molecule has 0 N–H and O–H groups in total. The Morgan fingerprint density at radius 3 is 1.58 bits per heavy atom. The Morgan fingerprint density at radius 1 is 0.654 bits per heavy atom. The molecule has 3 aromatic carbocycles. The largest absolute Gasteiger partial charge is 0.302 e. The van der Waals surface area contributed by atoms with Gasteiger partial charge in [-0.15, -0.1) is 0 Å². The van der Waals surface area contributed by atoms with E-state index in [1.807, 2.05) is 13.0 Å². The molecule has 0 fully saturated rings. The molecule has 0 saturated carbocycles. The van der Waals surface area contributed by atoms with Crippen LogP contribution >= 0.6 is 7.14 Å². The SMILES string of the molecule is Cc1cccc(P(=O)(C(=O)c2ccccc2)C(=O)c2ccccc2)c1C. The van der Waals surface area contributed by atoms with Crippen molar-refractivity contribution in [1.82, 2.24) is 0 Å². The van der Waals surface area contributed by atoms with E-state index in [1.165, 1.54) is 0 Å². The lowest BCUT2D eigenvalue weighted by Gasteiger charge is -2.19. The second kappa shape index (κ2) is 7.23. The predicted octanol–water partition coefficient (Wildman–Crippen LogP) is 4.97. The van der Waals surface area contributed by atoms with Gasteiger partial charge in [0.05, 0.1) is 0 Å². The first kappa shape index (κ1) is 18.0. The van der Waals surface area contributed by atoms with Crippen LogP contribution in [0.2, 0.25) is 0 Å². The lowest BCUT2D eigenvalue weighted by Crippen LogP contribution is -2.23. The van der Waals surface area contributed by atoms with Crippen molar-refractivity contribution in [2.75, 3.05) is 0 Å². The molecule has 3 nitrogen and oxygen atoms in total. The van der Waals surface area contributed by atoms with E-state index >= 15 is 0 Å². The summed E-state index contributed by atoms with van der Waals surface area (Å²) in [6.07, 6.45) is 0. The first-order valence-corrected chi connectivity index (χ1v) is 10.0. The van der Waals surface area contributed by atoms with E-state index in [-0.39, 0.29) is 11.1 Å². The maximum absolute atomic E-state index is 14.1. The number of aryl methyl sites for hydroxylation is 1. The van der Waals surface area contributed by atoms with Crippen LogP contribution in [0.1, 0.15) is 31.8 Å². The van der Waals surface area contributed by atoms with Crippen LogP contribution in [-0.4, -0.2) is 11.0 Å². The van der Waals surface area contributed by atoms with Crippen LogP contribution in [0.15, 0.2) is 78.9 Å². The van der Waals surface area contributed by atoms with Gasteiger partial charge in [-0.1, -0.05) is 78.9 Å². The van der Waals surface area contributed by atoms with Crippen molar-refractivity contribution in [3.8, 4) is 0 Å². The summed E-state index contributed by atoms with van der Waals surface area (Å²) < 4.78 is 14.1. The number of benzene rings is 3. The van der Waals surface area contributed by atoms with Crippen LogP contribution in [0.5, 0.6) is 0 Å². The van der Waals surface area contributed by atoms with E-state index in [9.17, 15) is 14.2 Å². The van der Waals surface area contributed by atoms with Crippen LogP contribution in [0.4, 0.5) is 0 Å². The summed E-state index contributed by atoms with van der Waals surface area (Å²) in [5.74, 6) is 0. The molecule has 0 heterocycles. The average molecular weight is 362 g/mol. The summed E-state index contributed by atoms with van der Waals surface area (Å²) >= 11 is 0. The van der Waals surface area contributed by atoms with Gasteiger partial charge in [0, 0.05) is 16.4 Å². The molecule has 26 heavy (non-hydrogen) atoms. The zero-order valence-corrected chi connectivity index (χ0v) is 15.6. The van der Waals surface area contributed by atoms with Crippen LogP contribution in [0.25, 0.3) is 0 Å². The molecule has 0 aliphatic carbocycles. The molecule has 0 spiro atoms. The van der Waals surface area contributed by atoms with Gasteiger partial charge in [0.15, 0.2) is 0 Å². The number of carbonyl (C=O) groups is 2. The molecule has 4 heteroatoms. The Bertz CT molecular complexity index is 953. The predicted molar refractivity (Wildman–Crippen MR) is 105 cm³/mol. The molecule has 0 aromatic heterocycles. The zero-order chi connectivity index (χ0) is 18.7. The zero-order valence-electron chi connectivity index (χ0n) is 14.7. The quantitative estimate of drug-likeness (QED) is 0.602. The van der Waals surface area contributed by atoms with Crippen molar-refractivity contribution >= 4 is 23.5 Å². The first-order chi connectivity index (χ1) is 12.5. The molecule has 0 unspecified atom stereocenters. The maximum Gasteiger partial charge on any atom is 0.248 e. The smallest absolute Gasteiger partial charge is 0.248 e. The minimum atomic E-state index is -4.04. The summed E-state index contributed by atoms with van der Waals surface area (Å²) in [6, 6.07) is 22.0. The highest BCUT2D eigenvalue weighted by molar-refractivity contribution is 8.01. The fourth-order valence-corrected chi connectivity index (χ4v) is 5.50.